The molecule has 0 spiro atoms. The number of nitrogens with zero attached hydrogens (tertiary/aromatic N) is 1. The number of aromatic nitrogens is 4. The van der Waals surface area contributed by atoms with Gasteiger partial charge >= 0.3 is 11.8 Å². The standard InChI is InChI=1S/C5H4N4O2.CO2/c10-4-2-3(7-1-6-2)8-5(11)9-4;2-1-3/h1H,(H3,6,7,8,9,10,11);. The SMILES string of the molecule is O=C=O.O=c1[nH]c(=O)c2[nH]cnc2[nH]1. The number of fused-ring (bicyclic) bond motifs is 1. The average Bonchev–Trinajstić information content (AvgIpc) is 2.53. The number of aromatic amines is 3. The van der Waals surface area contributed by atoms with E-state index >= 15 is 0 Å². The van der Waals surface area contributed by atoms with Gasteiger partial charge in [0.15, 0.2) is 5.65 Å². The van der Waals surface area contributed by atoms with E-state index in [4.69, 9.17) is 9.59 Å². The molecule has 8 heteroatoms. The Balaban J connectivity index is 0.000000293. The van der Waals surface area contributed by atoms with Crippen LogP contribution in [-0.2, 0) is 9.59 Å². The van der Waals surface area contributed by atoms with E-state index in [9.17, 15) is 9.59 Å². The topological polar surface area (TPSA) is 129 Å². The van der Waals surface area contributed by atoms with Gasteiger partial charge in [0.05, 0.1) is 6.33 Å². The number of H-pyrrole nitrogens is 3. The zero-order valence-electron chi connectivity index (χ0n) is 6.66. The average molecular weight is 196 g/mol. The van der Waals surface area contributed by atoms with Gasteiger partial charge in [0.1, 0.15) is 5.52 Å². The summed E-state index contributed by atoms with van der Waals surface area (Å²) in [4.78, 5) is 48.5. The fourth-order valence-electron chi connectivity index (χ4n) is 0.867. The van der Waals surface area contributed by atoms with Gasteiger partial charge < -0.3 is 4.98 Å². The highest BCUT2D eigenvalue weighted by Crippen LogP contribution is 1.92. The molecule has 0 aliphatic heterocycles. The van der Waals surface area contributed by atoms with Crippen molar-refractivity contribution in [3.8, 4) is 0 Å². The molecule has 0 unspecified atom stereocenters. The summed E-state index contributed by atoms with van der Waals surface area (Å²) >= 11 is 0. The molecule has 8 nitrogen and oxygen atoms in total. The minimum atomic E-state index is -0.547. The van der Waals surface area contributed by atoms with Crippen LogP contribution in [0.15, 0.2) is 15.9 Å². The highest BCUT2D eigenvalue weighted by Gasteiger charge is 1.99. The van der Waals surface area contributed by atoms with Crippen LogP contribution in [0.3, 0.4) is 0 Å². The molecule has 2 aromatic rings. The maximum absolute atomic E-state index is 10.9. The van der Waals surface area contributed by atoms with E-state index in [0.29, 0.717) is 0 Å². The van der Waals surface area contributed by atoms with Crippen LogP contribution in [0.4, 0.5) is 0 Å². The van der Waals surface area contributed by atoms with E-state index in [2.05, 4.69) is 19.9 Å². The fourth-order valence-corrected chi connectivity index (χ4v) is 0.867. The van der Waals surface area contributed by atoms with Crippen molar-refractivity contribution in [2.45, 2.75) is 0 Å². The van der Waals surface area contributed by atoms with Gasteiger partial charge in [-0.2, -0.15) is 9.59 Å². The fraction of sp³-hybridized carbons (Fsp3) is 0. The molecule has 0 aliphatic carbocycles. The molecule has 0 amide bonds. The minimum absolute atomic E-state index is 0.250. The van der Waals surface area contributed by atoms with Crippen LogP contribution >= 0.6 is 0 Å². The van der Waals surface area contributed by atoms with Crippen molar-refractivity contribution >= 4 is 17.3 Å². The van der Waals surface area contributed by atoms with Gasteiger partial charge in [0.25, 0.3) is 5.56 Å². The quantitative estimate of drug-likeness (QED) is 0.465. The van der Waals surface area contributed by atoms with Gasteiger partial charge in [-0.25, -0.2) is 9.78 Å². The first-order valence-corrected chi connectivity index (χ1v) is 3.34. The second-order valence-electron chi connectivity index (χ2n) is 2.12. The predicted molar refractivity (Wildman–Crippen MR) is 42.3 cm³/mol. The number of carbonyl (C=O) groups excluding carboxylic acids is 2. The lowest BCUT2D eigenvalue weighted by Gasteiger charge is -1.83. The molecular weight excluding hydrogens is 192 g/mol. The van der Waals surface area contributed by atoms with E-state index in [1.54, 1.807) is 0 Å². The van der Waals surface area contributed by atoms with Gasteiger partial charge in [-0.15, -0.1) is 0 Å². The van der Waals surface area contributed by atoms with Crippen LogP contribution in [0.1, 0.15) is 0 Å². The van der Waals surface area contributed by atoms with Gasteiger partial charge in [0.2, 0.25) is 0 Å². The number of imidazole rings is 1. The van der Waals surface area contributed by atoms with E-state index in [1.165, 1.54) is 6.33 Å². The largest absolute Gasteiger partial charge is 0.373 e. The molecule has 72 valence electrons. The zero-order chi connectivity index (χ0) is 10.6. The van der Waals surface area contributed by atoms with Crippen LogP contribution in [0.5, 0.6) is 0 Å². The van der Waals surface area contributed by atoms with Gasteiger partial charge in [-0.05, 0) is 0 Å². The first-order chi connectivity index (χ1) is 6.69. The molecule has 14 heavy (non-hydrogen) atoms. The summed E-state index contributed by atoms with van der Waals surface area (Å²) in [5.74, 6) is 0. The van der Waals surface area contributed by atoms with Crippen LogP contribution < -0.4 is 11.2 Å². The van der Waals surface area contributed by atoms with Crippen molar-refractivity contribution in [3.05, 3.63) is 27.2 Å². The normalized spacial score (nSPS) is 8.86. The van der Waals surface area contributed by atoms with E-state index in [1.807, 2.05) is 0 Å². The Hall–Kier alpha value is -2.47. The highest BCUT2D eigenvalue weighted by molar-refractivity contribution is 5.67. The molecule has 0 radical (unpaired) electrons. The lowest BCUT2D eigenvalue weighted by molar-refractivity contribution is -0.191. The smallest absolute Gasteiger partial charge is 0.339 e. The lowest BCUT2D eigenvalue weighted by Crippen LogP contribution is -2.21. The molecule has 2 rings (SSSR count). The van der Waals surface area contributed by atoms with E-state index in [0.717, 1.165) is 0 Å². The van der Waals surface area contributed by atoms with E-state index in [-0.39, 0.29) is 17.3 Å². The molecule has 0 bridgehead atoms. The lowest BCUT2D eigenvalue weighted by atomic mass is 10.5. The van der Waals surface area contributed by atoms with Crippen LogP contribution in [0.25, 0.3) is 11.2 Å². The molecule has 0 atom stereocenters. The Morgan fingerprint density at radius 2 is 1.86 bits per heavy atom. The third-order valence-electron chi connectivity index (χ3n) is 1.33. The highest BCUT2D eigenvalue weighted by atomic mass is 16.2. The Kier molecular flexibility index (Phi) is 2.72. The third-order valence-corrected chi connectivity index (χ3v) is 1.33. The maximum Gasteiger partial charge on any atom is 0.373 e. The second kappa shape index (κ2) is 3.97. The molecule has 0 aromatic carbocycles. The predicted octanol–water partition coefficient (Wildman–Crippen LogP) is -1.64. The first kappa shape index (κ1) is 9.62. The summed E-state index contributed by atoms with van der Waals surface area (Å²) < 4.78 is 0. The number of nitrogens with one attached hydrogen (secondary N) is 3. The molecule has 0 saturated carbocycles. The number of rotatable bonds is 0. The summed E-state index contributed by atoms with van der Waals surface area (Å²) in [5.41, 5.74) is -0.445. The second-order valence-corrected chi connectivity index (χ2v) is 2.12. The van der Waals surface area contributed by atoms with Crippen molar-refractivity contribution in [1.29, 1.82) is 0 Å². The van der Waals surface area contributed by atoms with Gasteiger partial charge in [-0.3, -0.25) is 14.8 Å². The zero-order valence-corrected chi connectivity index (χ0v) is 6.66. The van der Waals surface area contributed by atoms with E-state index < -0.39 is 11.2 Å². The van der Waals surface area contributed by atoms with Crippen molar-refractivity contribution in [2.75, 3.05) is 0 Å². The summed E-state index contributed by atoms with van der Waals surface area (Å²) in [7, 11) is 0. The summed E-state index contributed by atoms with van der Waals surface area (Å²) in [6, 6.07) is 0. The molecule has 0 saturated heterocycles. The van der Waals surface area contributed by atoms with Crippen LogP contribution in [0.2, 0.25) is 0 Å². The Morgan fingerprint density at radius 3 is 2.50 bits per heavy atom. The first-order valence-electron chi connectivity index (χ1n) is 3.34. The van der Waals surface area contributed by atoms with Gasteiger partial charge in [-0.1, -0.05) is 0 Å². The Bertz CT molecular complexity index is 571. The monoisotopic (exact) mass is 196 g/mol. The summed E-state index contributed by atoms with van der Waals surface area (Å²) in [6.07, 6.45) is 1.59. The van der Waals surface area contributed by atoms with Crippen molar-refractivity contribution in [3.63, 3.8) is 0 Å². The van der Waals surface area contributed by atoms with Crippen molar-refractivity contribution in [1.82, 2.24) is 19.9 Å². The molecule has 2 heterocycles. The summed E-state index contributed by atoms with van der Waals surface area (Å²) in [6.45, 7) is 0. The molecule has 0 fully saturated rings. The molecule has 2 aromatic heterocycles. The molecule has 3 N–H and O–H groups in total. The maximum atomic E-state index is 10.9. The minimum Gasteiger partial charge on any atom is -0.339 e. The Morgan fingerprint density at radius 1 is 1.21 bits per heavy atom. The molecule has 0 aliphatic rings. The van der Waals surface area contributed by atoms with Crippen molar-refractivity contribution < 1.29 is 9.59 Å². The Labute approximate surface area is 75.0 Å². The van der Waals surface area contributed by atoms with Crippen LogP contribution in [0, 0.1) is 0 Å². The van der Waals surface area contributed by atoms with Crippen LogP contribution in [-0.4, -0.2) is 26.1 Å². The number of hydrogen-bond donors (Lipinski definition) is 3. The van der Waals surface area contributed by atoms with Gasteiger partial charge in [0, 0.05) is 0 Å². The van der Waals surface area contributed by atoms with Crippen molar-refractivity contribution in [2.24, 2.45) is 0 Å². The molecular formula is C6H4N4O4. The summed E-state index contributed by atoms with van der Waals surface area (Å²) in [5, 5.41) is 0. The number of hydrogen-bond acceptors (Lipinski definition) is 5. The third kappa shape index (κ3) is 1.82.